The summed E-state index contributed by atoms with van der Waals surface area (Å²) in [6.45, 7) is 4.24. The summed E-state index contributed by atoms with van der Waals surface area (Å²) in [5.41, 5.74) is 9.91. The van der Waals surface area contributed by atoms with Gasteiger partial charge < -0.3 is 4.90 Å². The normalized spacial score (nSPS) is 11.0. The topological polar surface area (TPSA) is 40.5 Å². The van der Waals surface area contributed by atoms with E-state index in [1.54, 1.807) is 17.6 Å². The first-order chi connectivity index (χ1) is 12.0. The summed E-state index contributed by atoms with van der Waals surface area (Å²) in [7, 11) is 4.06. The quantitative estimate of drug-likeness (QED) is 0.523. The Bertz CT molecular complexity index is 879. The molecule has 0 atom stereocenters. The van der Waals surface area contributed by atoms with E-state index in [9.17, 15) is 0 Å². The lowest BCUT2D eigenvalue weighted by Gasteiger charge is -2.11. The van der Waals surface area contributed by atoms with Gasteiger partial charge in [0.1, 0.15) is 0 Å². The van der Waals surface area contributed by atoms with Crippen molar-refractivity contribution >= 4 is 28.4 Å². The first-order valence-corrected chi connectivity index (χ1v) is 9.00. The molecule has 3 rings (SSSR count). The molecule has 25 heavy (non-hydrogen) atoms. The van der Waals surface area contributed by atoms with Crippen molar-refractivity contribution in [1.82, 2.24) is 4.98 Å². The van der Waals surface area contributed by atoms with Gasteiger partial charge in [0.2, 0.25) is 5.13 Å². The van der Waals surface area contributed by atoms with Crippen LogP contribution in [0.15, 0.2) is 52.9 Å². The molecule has 0 fully saturated rings. The third-order valence-electron chi connectivity index (χ3n) is 4.09. The number of hydrazone groups is 1. The van der Waals surface area contributed by atoms with E-state index in [0.717, 1.165) is 22.0 Å². The highest BCUT2D eigenvalue weighted by molar-refractivity contribution is 7.14. The molecule has 0 bridgehead atoms. The molecule has 0 radical (unpaired) electrons. The van der Waals surface area contributed by atoms with Crippen molar-refractivity contribution in [2.75, 3.05) is 24.4 Å². The van der Waals surface area contributed by atoms with E-state index in [1.807, 2.05) is 31.6 Å². The fraction of sp³-hybridized carbons (Fsp3) is 0.200. The van der Waals surface area contributed by atoms with Crippen LogP contribution in [-0.4, -0.2) is 25.3 Å². The minimum atomic E-state index is 0.786. The lowest BCUT2D eigenvalue weighted by molar-refractivity contribution is 1.13. The SMILES string of the molecule is Cc1ccc(-c2csc(N/N=C\c3ccc(N(C)C)cc3)n2)cc1C. The molecule has 4 nitrogen and oxygen atoms in total. The van der Waals surface area contributed by atoms with Gasteiger partial charge in [-0.15, -0.1) is 11.3 Å². The Hall–Kier alpha value is -2.66. The van der Waals surface area contributed by atoms with Gasteiger partial charge in [-0.3, -0.25) is 5.43 Å². The van der Waals surface area contributed by atoms with E-state index < -0.39 is 0 Å². The fourth-order valence-electron chi connectivity index (χ4n) is 2.38. The van der Waals surface area contributed by atoms with Gasteiger partial charge in [0.05, 0.1) is 11.9 Å². The number of hydrogen-bond acceptors (Lipinski definition) is 5. The molecule has 0 spiro atoms. The fourth-order valence-corrected chi connectivity index (χ4v) is 3.05. The molecule has 5 heteroatoms. The number of aryl methyl sites for hydroxylation is 2. The predicted molar refractivity (Wildman–Crippen MR) is 109 cm³/mol. The average molecular weight is 350 g/mol. The highest BCUT2D eigenvalue weighted by Gasteiger charge is 2.05. The van der Waals surface area contributed by atoms with E-state index in [2.05, 4.69) is 64.6 Å². The number of hydrogen-bond donors (Lipinski definition) is 1. The van der Waals surface area contributed by atoms with Crippen LogP contribution in [0.25, 0.3) is 11.3 Å². The zero-order chi connectivity index (χ0) is 17.8. The van der Waals surface area contributed by atoms with Crippen molar-refractivity contribution in [3.05, 3.63) is 64.5 Å². The van der Waals surface area contributed by atoms with Gasteiger partial charge in [-0.25, -0.2) is 4.98 Å². The van der Waals surface area contributed by atoms with Crippen molar-refractivity contribution in [3.8, 4) is 11.3 Å². The highest BCUT2D eigenvalue weighted by atomic mass is 32.1. The van der Waals surface area contributed by atoms with Crippen LogP contribution in [-0.2, 0) is 0 Å². The Labute approximate surface area is 152 Å². The number of anilines is 2. The third-order valence-corrected chi connectivity index (χ3v) is 4.84. The standard InChI is InChI=1S/C20H22N4S/c1-14-5-8-17(11-15(14)2)19-13-25-20(22-19)23-21-12-16-6-9-18(10-7-16)24(3)4/h5-13H,1-4H3,(H,22,23)/b21-12-. The number of nitrogens with one attached hydrogen (secondary N) is 1. The zero-order valence-corrected chi connectivity index (χ0v) is 15.8. The molecular weight excluding hydrogens is 328 g/mol. The van der Waals surface area contributed by atoms with E-state index in [4.69, 9.17) is 0 Å². The summed E-state index contributed by atoms with van der Waals surface area (Å²) in [5, 5.41) is 7.12. The van der Waals surface area contributed by atoms with Crippen molar-refractivity contribution < 1.29 is 0 Å². The lowest BCUT2D eigenvalue weighted by atomic mass is 10.1. The molecule has 0 saturated heterocycles. The summed E-state index contributed by atoms with van der Waals surface area (Å²) >= 11 is 1.55. The number of thiazole rings is 1. The lowest BCUT2D eigenvalue weighted by Crippen LogP contribution is -2.08. The smallest absolute Gasteiger partial charge is 0.203 e. The molecule has 128 valence electrons. The molecule has 0 amide bonds. The van der Waals surface area contributed by atoms with Gasteiger partial charge in [0, 0.05) is 30.7 Å². The van der Waals surface area contributed by atoms with Crippen LogP contribution < -0.4 is 10.3 Å². The average Bonchev–Trinajstić information content (AvgIpc) is 3.07. The highest BCUT2D eigenvalue weighted by Crippen LogP contribution is 2.26. The summed E-state index contributed by atoms with van der Waals surface area (Å²) in [6, 6.07) is 14.6. The second-order valence-electron chi connectivity index (χ2n) is 6.19. The predicted octanol–water partition coefficient (Wildman–Crippen LogP) is 4.94. The molecule has 1 N–H and O–H groups in total. The molecule has 0 aliphatic heterocycles. The molecule has 0 aliphatic rings. The molecule has 1 heterocycles. The van der Waals surface area contributed by atoms with E-state index in [1.165, 1.54) is 16.8 Å². The van der Waals surface area contributed by atoms with Gasteiger partial charge in [-0.2, -0.15) is 5.10 Å². The second kappa shape index (κ2) is 7.49. The largest absolute Gasteiger partial charge is 0.378 e. The van der Waals surface area contributed by atoms with Gasteiger partial charge in [0.15, 0.2) is 0 Å². The Kier molecular flexibility index (Phi) is 5.14. The summed E-state index contributed by atoms with van der Waals surface area (Å²) < 4.78 is 0. The molecule has 0 unspecified atom stereocenters. The van der Waals surface area contributed by atoms with Crippen LogP contribution in [0, 0.1) is 13.8 Å². The van der Waals surface area contributed by atoms with Gasteiger partial charge in [-0.1, -0.05) is 24.3 Å². The van der Waals surface area contributed by atoms with Crippen molar-refractivity contribution in [1.29, 1.82) is 0 Å². The van der Waals surface area contributed by atoms with Crippen LogP contribution in [0.2, 0.25) is 0 Å². The summed E-state index contributed by atoms with van der Waals surface area (Å²) in [4.78, 5) is 6.68. The summed E-state index contributed by atoms with van der Waals surface area (Å²) in [5.74, 6) is 0. The Morgan fingerprint density at radius 2 is 1.80 bits per heavy atom. The first-order valence-electron chi connectivity index (χ1n) is 8.12. The summed E-state index contributed by atoms with van der Waals surface area (Å²) in [6.07, 6.45) is 1.80. The molecule has 2 aromatic carbocycles. The molecule has 3 aromatic rings. The molecule has 0 saturated carbocycles. The van der Waals surface area contributed by atoms with E-state index in [-0.39, 0.29) is 0 Å². The Morgan fingerprint density at radius 3 is 2.48 bits per heavy atom. The molecule has 0 aliphatic carbocycles. The number of aromatic nitrogens is 1. The van der Waals surface area contributed by atoms with Gasteiger partial charge in [-0.05, 0) is 48.7 Å². The number of rotatable bonds is 5. The minimum absolute atomic E-state index is 0.786. The van der Waals surface area contributed by atoms with Gasteiger partial charge in [0.25, 0.3) is 0 Å². The van der Waals surface area contributed by atoms with Crippen LogP contribution in [0.1, 0.15) is 16.7 Å². The number of benzene rings is 2. The van der Waals surface area contributed by atoms with E-state index >= 15 is 0 Å². The van der Waals surface area contributed by atoms with Crippen molar-refractivity contribution in [2.45, 2.75) is 13.8 Å². The third kappa shape index (κ3) is 4.25. The second-order valence-corrected chi connectivity index (χ2v) is 7.05. The minimum Gasteiger partial charge on any atom is -0.378 e. The van der Waals surface area contributed by atoms with Crippen molar-refractivity contribution in [2.24, 2.45) is 5.10 Å². The maximum atomic E-state index is 4.61. The van der Waals surface area contributed by atoms with E-state index in [0.29, 0.717) is 0 Å². The van der Waals surface area contributed by atoms with Crippen LogP contribution in [0.5, 0.6) is 0 Å². The maximum absolute atomic E-state index is 4.61. The van der Waals surface area contributed by atoms with Gasteiger partial charge >= 0.3 is 0 Å². The van der Waals surface area contributed by atoms with Crippen LogP contribution in [0.4, 0.5) is 10.8 Å². The number of nitrogens with zero attached hydrogens (tertiary/aromatic N) is 3. The van der Waals surface area contributed by atoms with Crippen molar-refractivity contribution in [3.63, 3.8) is 0 Å². The first kappa shape index (κ1) is 17.2. The Morgan fingerprint density at radius 1 is 1.04 bits per heavy atom. The molecule has 1 aromatic heterocycles. The monoisotopic (exact) mass is 350 g/mol. The van der Waals surface area contributed by atoms with Crippen LogP contribution in [0.3, 0.4) is 0 Å². The maximum Gasteiger partial charge on any atom is 0.203 e. The zero-order valence-electron chi connectivity index (χ0n) is 14.9. The molecular formula is C20H22N4S. The Balaban J connectivity index is 1.66. The van der Waals surface area contributed by atoms with Crippen LogP contribution >= 0.6 is 11.3 Å².